The maximum Gasteiger partial charge on any atom is 0.255 e. The van der Waals surface area contributed by atoms with Crippen molar-refractivity contribution in [3.8, 4) is 0 Å². The zero-order valence-corrected chi connectivity index (χ0v) is 11.9. The highest BCUT2D eigenvalue weighted by molar-refractivity contribution is 9.10. The van der Waals surface area contributed by atoms with Crippen molar-refractivity contribution in [2.75, 3.05) is 5.32 Å². The van der Waals surface area contributed by atoms with Crippen molar-refractivity contribution in [2.24, 2.45) is 0 Å². The first-order valence-electron chi connectivity index (χ1n) is 5.60. The summed E-state index contributed by atoms with van der Waals surface area (Å²) in [5.41, 5.74) is 0.472. The Balaban J connectivity index is 2.30. The van der Waals surface area contributed by atoms with Crippen molar-refractivity contribution < 1.29 is 18.0 Å². The lowest BCUT2D eigenvalue weighted by Gasteiger charge is -2.08. The minimum Gasteiger partial charge on any atom is -0.317 e. The van der Waals surface area contributed by atoms with E-state index in [2.05, 4.69) is 21.2 Å². The van der Waals surface area contributed by atoms with Crippen LogP contribution in [-0.4, -0.2) is 5.91 Å². The van der Waals surface area contributed by atoms with Crippen LogP contribution in [0.25, 0.3) is 0 Å². The van der Waals surface area contributed by atoms with Gasteiger partial charge in [0.05, 0.1) is 0 Å². The van der Waals surface area contributed by atoms with Crippen LogP contribution in [0.3, 0.4) is 0 Å². The second-order valence-corrected chi connectivity index (χ2v) is 5.02. The van der Waals surface area contributed by atoms with Gasteiger partial charge in [-0.3, -0.25) is 4.79 Å². The number of amides is 1. The van der Waals surface area contributed by atoms with Gasteiger partial charge in [0.25, 0.3) is 5.91 Å². The predicted octanol–water partition coefficient (Wildman–Crippen LogP) is 4.43. The van der Waals surface area contributed by atoms with Gasteiger partial charge < -0.3 is 5.32 Å². The van der Waals surface area contributed by atoms with E-state index in [9.17, 15) is 18.0 Å². The summed E-state index contributed by atoms with van der Waals surface area (Å²) >= 11 is 3.26. The van der Waals surface area contributed by atoms with Gasteiger partial charge in [-0.15, -0.1) is 0 Å². The van der Waals surface area contributed by atoms with Gasteiger partial charge in [0.15, 0.2) is 11.6 Å². The Hall–Kier alpha value is -1.82. The van der Waals surface area contributed by atoms with Crippen molar-refractivity contribution in [1.29, 1.82) is 0 Å². The molecular weight excluding hydrogens is 335 g/mol. The number of rotatable bonds is 2. The summed E-state index contributed by atoms with van der Waals surface area (Å²) in [4.78, 5) is 11.9. The van der Waals surface area contributed by atoms with Gasteiger partial charge in [0.1, 0.15) is 11.5 Å². The molecule has 0 radical (unpaired) electrons. The third kappa shape index (κ3) is 3.01. The fourth-order valence-electron chi connectivity index (χ4n) is 1.58. The fourth-order valence-corrected chi connectivity index (χ4v) is 1.96. The normalized spacial score (nSPS) is 10.4. The van der Waals surface area contributed by atoms with Crippen molar-refractivity contribution in [1.82, 2.24) is 0 Å². The van der Waals surface area contributed by atoms with Crippen molar-refractivity contribution >= 4 is 27.5 Å². The monoisotopic (exact) mass is 343 g/mol. The molecule has 1 N–H and O–H groups in total. The molecule has 0 aliphatic rings. The second kappa shape index (κ2) is 5.66. The first kappa shape index (κ1) is 14.6. The summed E-state index contributed by atoms with van der Waals surface area (Å²) < 4.78 is 40.3. The van der Waals surface area contributed by atoms with Crippen LogP contribution < -0.4 is 5.32 Å². The molecular formula is C14H9BrF3NO. The zero-order chi connectivity index (χ0) is 14.9. The van der Waals surface area contributed by atoms with Crippen molar-refractivity contribution in [2.45, 2.75) is 6.92 Å². The van der Waals surface area contributed by atoms with Crippen LogP contribution in [0.5, 0.6) is 0 Å². The molecule has 0 unspecified atom stereocenters. The van der Waals surface area contributed by atoms with E-state index in [0.29, 0.717) is 16.6 Å². The SMILES string of the molecule is Cc1ccc(C(=O)Nc2c(F)cc(F)cc2F)cc1Br. The molecule has 0 fully saturated rings. The maximum absolute atomic E-state index is 13.4. The summed E-state index contributed by atoms with van der Waals surface area (Å²) in [6.07, 6.45) is 0. The molecule has 0 spiro atoms. The van der Waals surface area contributed by atoms with E-state index >= 15 is 0 Å². The van der Waals surface area contributed by atoms with E-state index in [0.717, 1.165) is 5.56 Å². The van der Waals surface area contributed by atoms with Crippen molar-refractivity contribution in [3.05, 3.63) is 63.4 Å². The molecule has 0 aliphatic carbocycles. The first-order chi connectivity index (χ1) is 9.38. The predicted molar refractivity (Wildman–Crippen MR) is 73.1 cm³/mol. The highest BCUT2D eigenvalue weighted by atomic mass is 79.9. The van der Waals surface area contributed by atoms with E-state index in [4.69, 9.17) is 0 Å². The third-order valence-electron chi connectivity index (χ3n) is 2.68. The topological polar surface area (TPSA) is 29.1 Å². The van der Waals surface area contributed by atoms with Gasteiger partial charge >= 0.3 is 0 Å². The van der Waals surface area contributed by atoms with Gasteiger partial charge in [-0.2, -0.15) is 0 Å². The molecule has 0 aliphatic heterocycles. The second-order valence-electron chi connectivity index (χ2n) is 4.16. The summed E-state index contributed by atoms with van der Waals surface area (Å²) in [5.74, 6) is -4.06. The number of nitrogens with one attached hydrogen (secondary N) is 1. The maximum atomic E-state index is 13.4. The number of aryl methyl sites for hydroxylation is 1. The number of benzene rings is 2. The number of halogens is 4. The third-order valence-corrected chi connectivity index (χ3v) is 3.53. The highest BCUT2D eigenvalue weighted by Crippen LogP contribution is 2.22. The molecule has 2 aromatic carbocycles. The molecule has 1 amide bonds. The molecule has 104 valence electrons. The van der Waals surface area contributed by atoms with E-state index < -0.39 is 29.0 Å². The number of carbonyl (C=O) groups excluding carboxylic acids is 1. The molecule has 0 aromatic heterocycles. The molecule has 0 saturated carbocycles. The quantitative estimate of drug-likeness (QED) is 0.858. The van der Waals surface area contributed by atoms with Crippen LogP contribution in [0.15, 0.2) is 34.8 Å². The number of anilines is 1. The average molecular weight is 344 g/mol. The summed E-state index contributed by atoms with van der Waals surface area (Å²) in [7, 11) is 0. The molecule has 0 atom stereocenters. The Labute approximate surface area is 121 Å². The molecule has 20 heavy (non-hydrogen) atoms. The number of carbonyl (C=O) groups is 1. The molecule has 2 nitrogen and oxygen atoms in total. The van der Waals surface area contributed by atoms with Gasteiger partial charge in [-0.1, -0.05) is 22.0 Å². The molecule has 2 aromatic rings. The van der Waals surface area contributed by atoms with Crippen LogP contribution in [0.2, 0.25) is 0 Å². The largest absolute Gasteiger partial charge is 0.317 e. The van der Waals surface area contributed by atoms with E-state index in [1.807, 2.05) is 6.92 Å². The van der Waals surface area contributed by atoms with E-state index in [-0.39, 0.29) is 5.56 Å². The summed E-state index contributed by atoms with van der Waals surface area (Å²) in [6.45, 7) is 1.84. The van der Waals surface area contributed by atoms with Crippen LogP contribution in [0.4, 0.5) is 18.9 Å². The molecule has 0 bridgehead atoms. The van der Waals surface area contributed by atoms with Gasteiger partial charge in [-0.25, -0.2) is 13.2 Å². The Bertz CT molecular complexity index is 665. The summed E-state index contributed by atoms with van der Waals surface area (Å²) in [5, 5.41) is 2.09. The van der Waals surface area contributed by atoms with Gasteiger partial charge in [0.2, 0.25) is 0 Å². The Morgan fingerprint density at radius 2 is 1.70 bits per heavy atom. The minimum atomic E-state index is -1.16. The first-order valence-corrected chi connectivity index (χ1v) is 6.40. The van der Waals surface area contributed by atoms with Crippen LogP contribution in [0, 0.1) is 24.4 Å². The molecule has 2 rings (SSSR count). The average Bonchev–Trinajstić information content (AvgIpc) is 2.36. The molecule has 0 heterocycles. The fraction of sp³-hybridized carbons (Fsp3) is 0.0714. The Morgan fingerprint density at radius 1 is 1.10 bits per heavy atom. The standard InChI is InChI=1S/C14H9BrF3NO/c1-7-2-3-8(4-10(7)15)14(20)19-13-11(17)5-9(16)6-12(13)18/h2-6H,1H3,(H,19,20). The Morgan fingerprint density at radius 3 is 2.25 bits per heavy atom. The highest BCUT2D eigenvalue weighted by Gasteiger charge is 2.15. The lowest BCUT2D eigenvalue weighted by Crippen LogP contribution is -2.14. The number of hydrogen-bond acceptors (Lipinski definition) is 1. The molecule has 0 saturated heterocycles. The van der Waals surface area contributed by atoms with Gasteiger partial charge in [-0.05, 0) is 24.6 Å². The Kier molecular flexibility index (Phi) is 4.13. The zero-order valence-electron chi connectivity index (χ0n) is 10.3. The van der Waals surface area contributed by atoms with Crippen molar-refractivity contribution in [3.63, 3.8) is 0 Å². The number of hydrogen-bond donors (Lipinski definition) is 1. The lowest BCUT2D eigenvalue weighted by molar-refractivity contribution is 0.102. The van der Waals surface area contributed by atoms with Crippen LogP contribution >= 0.6 is 15.9 Å². The van der Waals surface area contributed by atoms with E-state index in [1.54, 1.807) is 6.07 Å². The molecule has 6 heteroatoms. The van der Waals surface area contributed by atoms with Gasteiger partial charge in [0, 0.05) is 22.2 Å². The van der Waals surface area contributed by atoms with Crippen LogP contribution in [0.1, 0.15) is 15.9 Å². The summed E-state index contributed by atoms with van der Waals surface area (Å²) in [6, 6.07) is 5.75. The van der Waals surface area contributed by atoms with Crippen LogP contribution in [-0.2, 0) is 0 Å². The van der Waals surface area contributed by atoms with E-state index in [1.165, 1.54) is 12.1 Å². The lowest BCUT2D eigenvalue weighted by atomic mass is 10.1. The minimum absolute atomic E-state index is 0.227. The smallest absolute Gasteiger partial charge is 0.255 e.